The van der Waals surface area contributed by atoms with Crippen molar-refractivity contribution in [1.82, 2.24) is 4.90 Å². The number of hydrogen-bond donors (Lipinski definition) is 2. The van der Waals surface area contributed by atoms with E-state index in [-0.39, 0.29) is 6.10 Å². The van der Waals surface area contributed by atoms with Crippen LogP contribution in [0.5, 0.6) is 5.75 Å². The van der Waals surface area contributed by atoms with Crippen LogP contribution in [-0.2, 0) is 11.3 Å². The summed E-state index contributed by atoms with van der Waals surface area (Å²) in [5.74, 6) is 0.726. The van der Waals surface area contributed by atoms with Gasteiger partial charge in [-0.2, -0.15) is 0 Å². The first-order valence-electron chi connectivity index (χ1n) is 7.43. The molecule has 2 N–H and O–H groups in total. The van der Waals surface area contributed by atoms with Gasteiger partial charge < -0.3 is 19.5 Å². The van der Waals surface area contributed by atoms with E-state index >= 15 is 0 Å². The van der Waals surface area contributed by atoms with E-state index in [4.69, 9.17) is 9.47 Å². The lowest BCUT2D eigenvalue weighted by atomic mass is 9.76. The van der Waals surface area contributed by atoms with Crippen LogP contribution in [0, 0.1) is 0 Å². The Morgan fingerprint density at radius 2 is 2.19 bits per heavy atom. The predicted molar refractivity (Wildman–Crippen MR) is 82.7 cm³/mol. The molecular formula is C15H24BNO4. The second-order valence-corrected chi connectivity index (χ2v) is 5.57. The molecule has 1 aromatic carbocycles. The van der Waals surface area contributed by atoms with E-state index in [0.29, 0.717) is 18.0 Å². The van der Waals surface area contributed by atoms with E-state index in [9.17, 15) is 10.0 Å². The monoisotopic (exact) mass is 293 g/mol. The third-order valence-electron chi connectivity index (χ3n) is 4.05. The summed E-state index contributed by atoms with van der Waals surface area (Å²) in [6.07, 6.45) is 1.20. The molecule has 0 radical (unpaired) electrons. The van der Waals surface area contributed by atoms with Gasteiger partial charge in [0.2, 0.25) is 0 Å². The average molecular weight is 293 g/mol. The minimum atomic E-state index is -1.47. The lowest BCUT2D eigenvalue weighted by molar-refractivity contribution is -0.0591. The van der Waals surface area contributed by atoms with Gasteiger partial charge in [-0.05, 0) is 36.5 Å². The fourth-order valence-electron chi connectivity index (χ4n) is 2.80. The van der Waals surface area contributed by atoms with Crippen molar-refractivity contribution < 1.29 is 19.5 Å². The van der Waals surface area contributed by atoms with Gasteiger partial charge in [-0.15, -0.1) is 0 Å². The highest BCUT2D eigenvalue weighted by Gasteiger charge is 2.27. The van der Waals surface area contributed by atoms with Gasteiger partial charge in [-0.1, -0.05) is 13.0 Å². The van der Waals surface area contributed by atoms with E-state index in [0.717, 1.165) is 30.9 Å². The Morgan fingerprint density at radius 3 is 2.81 bits per heavy atom. The molecule has 0 aliphatic carbocycles. The van der Waals surface area contributed by atoms with Gasteiger partial charge in [0, 0.05) is 19.1 Å². The molecule has 2 rings (SSSR count). The van der Waals surface area contributed by atoms with Gasteiger partial charge in [0.05, 0.1) is 19.8 Å². The molecule has 6 heteroatoms. The minimum Gasteiger partial charge on any atom is -0.497 e. The fourth-order valence-corrected chi connectivity index (χ4v) is 2.80. The van der Waals surface area contributed by atoms with E-state index in [1.54, 1.807) is 19.2 Å². The molecule has 0 bridgehead atoms. The molecular weight excluding hydrogens is 269 g/mol. The zero-order chi connectivity index (χ0) is 15.4. The van der Waals surface area contributed by atoms with Gasteiger partial charge in [-0.3, -0.25) is 4.90 Å². The van der Waals surface area contributed by atoms with E-state index < -0.39 is 7.12 Å². The normalized spacial score (nSPS) is 23.1. The quantitative estimate of drug-likeness (QED) is 0.768. The Labute approximate surface area is 126 Å². The van der Waals surface area contributed by atoms with Crippen LogP contribution >= 0.6 is 0 Å². The predicted octanol–water partition coefficient (Wildman–Crippen LogP) is 0.374. The lowest BCUT2D eigenvalue weighted by Gasteiger charge is -2.38. The second-order valence-electron chi connectivity index (χ2n) is 5.57. The smallest absolute Gasteiger partial charge is 0.488 e. The first-order chi connectivity index (χ1) is 10.0. The SMILES string of the molecule is CCC1COC(C)CN1Cc1cc(OC)ccc1B(O)O. The lowest BCUT2D eigenvalue weighted by Crippen LogP contribution is -2.49. The maximum Gasteiger partial charge on any atom is 0.488 e. The minimum absolute atomic E-state index is 0.195. The van der Waals surface area contributed by atoms with Gasteiger partial charge in [-0.25, -0.2) is 0 Å². The van der Waals surface area contributed by atoms with Crippen LogP contribution in [-0.4, -0.2) is 54.5 Å². The summed E-state index contributed by atoms with van der Waals surface area (Å²) in [5.41, 5.74) is 1.42. The van der Waals surface area contributed by atoms with Crippen molar-refractivity contribution in [1.29, 1.82) is 0 Å². The molecule has 1 aliphatic rings. The highest BCUT2D eigenvalue weighted by molar-refractivity contribution is 6.59. The van der Waals surface area contributed by atoms with Crippen LogP contribution in [0.25, 0.3) is 0 Å². The standard InChI is InChI=1S/C15H24BNO4/c1-4-13-10-21-11(2)8-17(13)9-12-7-14(20-3)5-6-15(12)16(18)19/h5-7,11,13,18-19H,4,8-10H2,1-3H3. The number of rotatable bonds is 5. The summed E-state index contributed by atoms with van der Waals surface area (Å²) in [5, 5.41) is 19.1. The van der Waals surface area contributed by atoms with Crippen molar-refractivity contribution >= 4 is 12.6 Å². The number of methoxy groups -OCH3 is 1. The topological polar surface area (TPSA) is 62.2 Å². The molecule has 21 heavy (non-hydrogen) atoms. The van der Waals surface area contributed by atoms with Crippen molar-refractivity contribution in [3.63, 3.8) is 0 Å². The summed E-state index contributed by atoms with van der Waals surface area (Å²) in [6.45, 7) is 6.43. The molecule has 5 nitrogen and oxygen atoms in total. The molecule has 1 aromatic rings. The molecule has 0 amide bonds. The number of ether oxygens (including phenoxy) is 2. The maximum absolute atomic E-state index is 9.54. The molecule has 1 saturated heterocycles. The summed E-state index contributed by atoms with van der Waals surface area (Å²) >= 11 is 0. The van der Waals surface area contributed by atoms with Crippen LogP contribution in [0.4, 0.5) is 0 Å². The Balaban J connectivity index is 2.23. The van der Waals surface area contributed by atoms with Gasteiger partial charge in [0.15, 0.2) is 0 Å². The van der Waals surface area contributed by atoms with Crippen molar-refractivity contribution in [3.8, 4) is 5.75 Å². The summed E-state index contributed by atoms with van der Waals surface area (Å²) < 4.78 is 11.0. The van der Waals surface area contributed by atoms with E-state index in [1.165, 1.54) is 0 Å². The summed E-state index contributed by atoms with van der Waals surface area (Å²) in [4.78, 5) is 2.34. The molecule has 2 atom stereocenters. The zero-order valence-electron chi connectivity index (χ0n) is 13.0. The van der Waals surface area contributed by atoms with Crippen LogP contribution in [0.2, 0.25) is 0 Å². The molecule has 1 heterocycles. The fraction of sp³-hybridized carbons (Fsp3) is 0.600. The Hall–Kier alpha value is -1.08. The van der Waals surface area contributed by atoms with E-state index in [2.05, 4.69) is 18.7 Å². The number of hydrogen-bond acceptors (Lipinski definition) is 5. The number of nitrogens with zero attached hydrogens (tertiary/aromatic N) is 1. The molecule has 1 fully saturated rings. The molecule has 1 aliphatic heterocycles. The average Bonchev–Trinajstić information content (AvgIpc) is 2.47. The zero-order valence-corrected chi connectivity index (χ0v) is 13.0. The van der Waals surface area contributed by atoms with Crippen molar-refractivity contribution in [2.75, 3.05) is 20.3 Å². The van der Waals surface area contributed by atoms with Gasteiger partial charge >= 0.3 is 7.12 Å². The molecule has 0 aromatic heterocycles. The van der Waals surface area contributed by atoms with Crippen molar-refractivity contribution in [2.24, 2.45) is 0 Å². The van der Waals surface area contributed by atoms with Crippen LogP contribution < -0.4 is 10.2 Å². The largest absolute Gasteiger partial charge is 0.497 e. The molecule has 0 saturated carbocycles. The summed E-state index contributed by atoms with van der Waals surface area (Å²) in [7, 11) is 0.143. The van der Waals surface area contributed by atoms with Crippen LogP contribution in [0.1, 0.15) is 25.8 Å². The van der Waals surface area contributed by atoms with Crippen LogP contribution in [0.15, 0.2) is 18.2 Å². The van der Waals surface area contributed by atoms with Crippen molar-refractivity contribution in [3.05, 3.63) is 23.8 Å². The Bertz CT molecular complexity index is 469. The third kappa shape index (κ3) is 3.98. The van der Waals surface area contributed by atoms with Crippen LogP contribution in [0.3, 0.4) is 0 Å². The Kier molecular flexibility index (Phi) is 5.64. The second kappa shape index (κ2) is 7.27. The number of benzene rings is 1. The maximum atomic E-state index is 9.54. The first-order valence-corrected chi connectivity index (χ1v) is 7.43. The molecule has 116 valence electrons. The van der Waals surface area contributed by atoms with Crippen molar-refractivity contribution in [2.45, 2.75) is 39.0 Å². The molecule has 2 unspecified atom stereocenters. The summed E-state index contributed by atoms with van der Waals surface area (Å²) in [6, 6.07) is 5.69. The first kappa shape index (κ1) is 16.3. The number of morpholine rings is 1. The highest BCUT2D eigenvalue weighted by atomic mass is 16.5. The Morgan fingerprint density at radius 1 is 1.43 bits per heavy atom. The molecule has 0 spiro atoms. The van der Waals surface area contributed by atoms with Gasteiger partial charge in [0.25, 0.3) is 0 Å². The van der Waals surface area contributed by atoms with E-state index in [1.807, 2.05) is 6.07 Å². The highest BCUT2D eigenvalue weighted by Crippen LogP contribution is 2.19. The van der Waals surface area contributed by atoms with Gasteiger partial charge in [0.1, 0.15) is 5.75 Å². The third-order valence-corrected chi connectivity index (χ3v) is 4.05.